The molecule has 1 aliphatic rings. The van der Waals surface area contributed by atoms with Crippen LogP contribution in [0.15, 0.2) is 112 Å². The van der Waals surface area contributed by atoms with Gasteiger partial charge >= 0.3 is 5.97 Å². The summed E-state index contributed by atoms with van der Waals surface area (Å²) in [5.74, 6) is 1.39. The Morgan fingerprint density at radius 1 is 0.896 bits per heavy atom. The summed E-state index contributed by atoms with van der Waals surface area (Å²) in [6, 6.07) is 26.9. The molecule has 0 unspecified atom stereocenters. The van der Waals surface area contributed by atoms with Crippen LogP contribution in [-0.2, 0) is 4.79 Å². The van der Waals surface area contributed by atoms with E-state index >= 15 is 0 Å². The smallest absolute Gasteiger partial charge is 0.343 e. The first kappa shape index (κ1) is 32.8. The molecule has 1 aromatic heterocycles. The number of esters is 1. The predicted molar refractivity (Wildman–Crippen MR) is 187 cm³/mol. The monoisotopic (exact) mass is 680 g/mol. The van der Waals surface area contributed by atoms with Gasteiger partial charge in [0.05, 0.1) is 34.0 Å². The maximum Gasteiger partial charge on any atom is 0.343 e. The van der Waals surface area contributed by atoms with Crippen molar-refractivity contribution in [3.8, 4) is 23.0 Å². The molecule has 5 aromatic rings. The number of nitrogens with zero attached hydrogens (tertiary/aromatic N) is 2. The molecule has 244 valence electrons. The molecular formula is C38H33ClN2O6S. The van der Waals surface area contributed by atoms with Gasteiger partial charge in [0, 0.05) is 0 Å². The summed E-state index contributed by atoms with van der Waals surface area (Å²) in [6.45, 7) is 6.40. The number of aryl methyl sites for hydroxylation is 2. The first-order valence-corrected chi connectivity index (χ1v) is 16.5. The molecule has 1 atom stereocenters. The number of methoxy groups -OCH3 is 1. The van der Waals surface area contributed by atoms with Crippen LogP contribution in [0.25, 0.3) is 6.08 Å². The maximum absolute atomic E-state index is 14.1. The molecule has 0 saturated carbocycles. The third-order valence-corrected chi connectivity index (χ3v) is 9.20. The van der Waals surface area contributed by atoms with E-state index in [1.807, 2.05) is 61.5 Å². The Morgan fingerprint density at radius 3 is 2.31 bits per heavy atom. The van der Waals surface area contributed by atoms with E-state index in [4.69, 9.17) is 30.5 Å². The highest BCUT2D eigenvalue weighted by atomic mass is 35.5. The molecule has 6 rings (SSSR count). The second kappa shape index (κ2) is 14.3. The Balaban J connectivity index is 1.30. The van der Waals surface area contributed by atoms with Gasteiger partial charge in [0.15, 0.2) is 16.3 Å². The van der Waals surface area contributed by atoms with Crippen LogP contribution >= 0.6 is 22.9 Å². The highest BCUT2D eigenvalue weighted by molar-refractivity contribution is 7.07. The summed E-state index contributed by atoms with van der Waals surface area (Å²) >= 11 is 7.90. The highest BCUT2D eigenvalue weighted by Crippen LogP contribution is 2.37. The van der Waals surface area contributed by atoms with E-state index in [2.05, 4.69) is 11.9 Å². The van der Waals surface area contributed by atoms with Crippen LogP contribution in [0.2, 0.25) is 5.02 Å². The Kier molecular flexibility index (Phi) is 9.80. The van der Waals surface area contributed by atoms with E-state index in [-0.39, 0.29) is 17.7 Å². The Morgan fingerprint density at radius 2 is 1.60 bits per heavy atom. The molecule has 0 fully saturated rings. The minimum Gasteiger partial charge on any atom is -0.493 e. The van der Waals surface area contributed by atoms with Gasteiger partial charge in [-0.25, -0.2) is 9.79 Å². The minimum atomic E-state index is -0.735. The van der Waals surface area contributed by atoms with Crippen molar-refractivity contribution in [1.29, 1.82) is 0 Å². The lowest BCUT2D eigenvalue weighted by atomic mass is 9.96. The number of ether oxygens (including phenoxy) is 4. The van der Waals surface area contributed by atoms with Crippen LogP contribution in [0.4, 0.5) is 0 Å². The van der Waals surface area contributed by atoms with Crippen LogP contribution in [0, 0.1) is 13.8 Å². The first-order valence-electron chi connectivity index (χ1n) is 15.3. The molecule has 0 amide bonds. The van der Waals surface area contributed by atoms with Crippen molar-refractivity contribution in [1.82, 2.24) is 4.57 Å². The number of rotatable bonds is 10. The molecular weight excluding hydrogens is 648 g/mol. The number of carbonyl (C=O) groups excluding carboxylic acids is 1. The van der Waals surface area contributed by atoms with Crippen molar-refractivity contribution in [3.63, 3.8) is 0 Å². The van der Waals surface area contributed by atoms with Crippen LogP contribution in [0.3, 0.4) is 0 Å². The molecule has 10 heteroatoms. The van der Waals surface area contributed by atoms with Crippen molar-refractivity contribution >= 4 is 35.0 Å². The van der Waals surface area contributed by atoms with Gasteiger partial charge in [0.25, 0.3) is 5.56 Å². The average Bonchev–Trinajstić information content (AvgIpc) is 3.38. The lowest BCUT2D eigenvalue weighted by molar-refractivity contribution is -0.130. The van der Waals surface area contributed by atoms with Gasteiger partial charge in [-0.2, -0.15) is 0 Å². The predicted octanol–water partition coefficient (Wildman–Crippen LogP) is 6.58. The zero-order valence-corrected chi connectivity index (χ0v) is 28.4. The average molecular weight is 681 g/mol. The summed E-state index contributed by atoms with van der Waals surface area (Å²) in [4.78, 5) is 32.8. The molecule has 1 aliphatic heterocycles. The number of carbonyl (C=O) groups is 1. The normalized spacial score (nSPS) is 14.3. The van der Waals surface area contributed by atoms with Crippen molar-refractivity contribution in [2.45, 2.75) is 26.8 Å². The van der Waals surface area contributed by atoms with Gasteiger partial charge in [0.1, 0.15) is 24.7 Å². The summed E-state index contributed by atoms with van der Waals surface area (Å²) in [5.41, 5.74) is 4.20. The van der Waals surface area contributed by atoms with E-state index in [0.717, 1.165) is 16.9 Å². The highest BCUT2D eigenvalue weighted by Gasteiger charge is 2.33. The van der Waals surface area contributed by atoms with Crippen LogP contribution < -0.4 is 33.8 Å². The van der Waals surface area contributed by atoms with Crippen molar-refractivity contribution < 1.29 is 23.7 Å². The number of thiazole rings is 1. The number of benzene rings is 4. The maximum atomic E-state index is 14.1. The Bertz CT molecular complexity index is 2190. The second-order valence-electron chi connectivity index (χ2n) is 11.2. The van der Waals surface area contributed by atoms with Gasteiger partial charge in [-0.3, -0.25) is 9.36 Å². The molecule has 2 heterocycles. The molecule has 0 spiro atoms. The Labute approximate surface area is 286 Å². The molecule has 0 radical (unpaired) electrons. The largest absolute Gasteiger partial charge is 0.493 e. The van der Waals surface area contributed by atoms with E-state index in [1.165, 1.54) is 24.0 Å². The van der Waals surface area contributed by atoms with E-state index in [1.54, 1.807) is 54.0 Å². The standard InChI is InChI=1S/C38H33ClN2O6S/c1-23-15-16-29(19-24(23)2)45-17-18-46-35-30(39)20-26(21-31(35)44-4)22-32-36(42)41-34(27-11-7-5-8-12-27)33(25(3)40-38(41)48-32)37(43)47-28-13-9-6-10-14-28/h5-16,19-22,34H,17-18H2,1-4H3/b32-22-/t34-/m1/s1. The zero-order valence-electron chi connectivity index (χ0n) is 26.9. The number of para-hydroxylation sites is 1. The molecule has 0 N–H and O–H groups in total. The number of hydrogen-bond acceptors (Lipinski definition) is 8. The van der Waals surface area contributed by atoms with E-state index in [0.29, 0.717) is 49.5 Å². The van der Waals surface area contributed by atoms with Crippen LogP contribution in [0.1, 0.15) is 35.2 Å². The molecule has 48 heavy (non-hydrogen) atoms. The number of halogens is 1. The van der Waals surface area contributed by atoms with Gasteiger partial charge in [-0.1, -0.05) is 77.5 Å². The lowest BCUT2D eigenvalue weighted by Crippen LogP contribution is -2.40. The minimum absolute atomic E-state index is 0.245. The van der Waals surface area contributed by atoms with Crippen molar-refractivity contribution in [2.75, 3.05) is 20.3 Å². The quantitative estimate of drug-likeness (QED) is 0.0942. The van der Waals surface area contributed by atoms with E-state index < -0.39 is 12.0 Å². The SMILES string of the molecule is COc1cc(/C=c2\sc3n(c2=O)[C@H](c2ccccc2)C(C(=O)Oc2ccccc2)=C(C)N=3)cc(Cl)c1OCCOc1ccc(C)c(C)c1. The second-order valence-corrected chi connectivity index (χ2v) is 12.6. The fraction of sp³-hybridized carbons (Fsp3) is 0.184. The molecule has 0 saturated heterocycles. The molecule has 8 nitrogen and oxygen atoms in total. The molecule has 0 aliphatic carbocycles. The molecule has 4 aromatic carbocycles. The van der Waals surface area contributed by atoms with Crippen LogP contribution in [-0.4, -0.2) is 30.9 Å². The van der Waals surface area contributed by atoms with Crippen LogP contribution in [0.5, 0.6) is 23.0 Å². The topological polar surface area (TPSA) is 88.4 Å². The van der Waals surface area contributed by atoms with Gasteiger partial charge in [0.2, 0.25) is 0 Å². The van der Waals surface area contributed by atoms with Crippen molar-refractivity contribution in [3.05, 3.63) is 149 Å². The van der Waals surface area contributed by atoms with E-state index in [9.17, 15) is 9.59 Å². The zero-order chi connectivity index (χ0) is 33.8. The Hall–Kier alpha value is -5.12. The summed E-state index contributed by atoms with van der Waals surface area (Å²) < 4.78 is 25.1. The summed E-state index contributed by atoms with van der Waals surface area (Å²) in [5, 5.41) is 0.323. The third-order valence-electron chi connectivity index (χ3n) is 7.94. The fourth-order valence-electron chi connectivity index (χ4n) is 5.41. The van der Waals surface area contributed by atoms with Gasteiger partial charge in [-0.05, 0) is 85.5 Å². The van der Waals surface area contributed by atoms with Gasteiger partial charge < -0.3 is 18.9 Å². The number of fused-ring (bicyclic) bond motifs is 1. The number of hydrogen-bond donors (Lipinski definition) is 0. The van der Waals surface area contributed by atoms with Crippen molar-refractivity contribution in [2.24, 2.45) is 4.99 Å². The fourth-order valence-corrected chi connectivity index (χ4v) is 6.73. The summed E-state index contributed by atoms with van der Waals surface area (Å²) in [7, 11) is 1.53. The first-order chi connectivity index (χ1) is 23.2. The number of allylic oxidation sites excluding steroid dienone is 1. The molecule has 0 bridgehead atoms. The van der Waals surface area contributed by atoms with Gasteiger partial charge in [-0.15, -0.1) is 0 Å². The third kappa shape index (κ3) is 6.93. The number of aromatic nitrogens is 1. The lowest BCUT2D eigenvalue weighted by Gasteiger charge is -2.24. The summed E-state index contributed by atoms with van der Waals surface area (Å²) in [6.07, 6.45) is 1.73.